The molecule has 1 heterocycles. The number of hydrogen-bond acceptors (Lipinski definition) is 4. The first-order valence-corrected chi connectivity index (χ1v) is 6.61. The van der Waals surface area contributed by atoms with Crippen molar-refractivity contribution in [3.8, 4) is 11.5 Å². The molecule has 0 radical (unpaired) electrons. The van der Waals surface area contributed by atoms with E-state index in [0.717, 1.165) is 23.6 Å². The number of para-hydroxylation sites is 1. The molecule has 0 spiro atoms. The van der Waals surface area contributed by atoms with Crippen LogP contribution in [0.1, 0.15) is 17.3 Å². The summed E-state index contributed by atoms with van der Waals surface area (Å²) in [5.74, 6) is 1.49. The quantitative estimate of drug-likeness (QED) is 0.900. The molecule has 0 amide bonds. The van der Waals surface area contributed by atoms with Crippen LogP contribution in [0.25, 0.3) is 0 Å². The van der Waals surface area contributed by atoms with Crippen LogP contribution in [-0.4, -0.2) is 14.2 Å². The van der Waals surface area contributed by atoms with E-state index >= 15 is 0 Å². The standard InChI is InChI=1S/C16H18N2O2/c1-19-14-8-7-11(9-15(14)20-2)16-17-10-12-5-3-4-6-13(12)18-16/h3-9,16-18H,10H2,1-2H3/t16-/m1/s1. The summed E-state index contributed by atoms with van der Waals surface area (Å²) >= 11 is 0. The molecule has 104 valence electrons. The second-order valence-corrected chi connectivity index (χ2v) is 4.73. The lowest BCUT2D eigenvalue weighted by Crippen LogP contribution is -2.32. The summed E-state index contributed by atoms with van der Waals surface area (Å²) in [5, 5.41) is 6.97. The molecule has 2 aromatic rings. The highest BCUT2D eigenvalue weighted by Crippen LogP contribution is 2.32. The topological polar surface area (TPSA) is 42.5 Å². The Labute approximate surface area is 118 Å². The van der Waals surface area contributed by atoms with Crippen molar-refractivity contribution in [2.45, 2.75) is 12.7 Å². The van der Waals surface area contributed by atoms with Crippen molar-refractivity contribution in [3.05, 3.63) is 53.6 Å². The number of nitrogens with one attached hydrogen (secondary N) is 2. The highest BCUT2D eigenvalue weighted by atomic mass is 16.5. The molecule has 0 aliphatic carbocycles. The van der Waals surface area contributed by atoms with Gasteiger partial charge in [-0.05, 0) is 29.3 Å². The van der Waals surface area contributed by atoms with Gasteiger partial charge in [0.25, 0.3) is 0 Å². The highest BCUT2D eigenvalue weighted by molar-refractivity contribution is 5.55. The van der Waals surface area contributed by atoms with Crippen LogP contribution in [-0.2, 0) is 6.54 Å². The van der Waals surface area contributed by atoms with Crippen LogP contribution in [0.3, 0.4) is 0 Å². The van der Waals surface area contributed by atoms with Crippen LogP contribution < -0.4 is 20.1 Å². The van der Waals surface area contributed by atoms with Crippen LogP contribution in [0.15, 0.2) is 42.5 Å². The second-order valence-electron chi connectivity index (χ2n) is 4.73. The lowest BCUT2D eigenvalue weighted by atomic mass is 10.1. The minimum absolute atomic E-state index is 0.0738. The first kappa shape index (κ1) is 12.8. The number of ether oxygens (including phenoxy) is 2. The zero-order valence-electron chi connectivity index (χ0n) is 11.6. The third-order valence-corrected chi connectivity index (χ3v) is 3.55. The molecule has 4 nitrogen and oxygen atoms in total. The minimum atomic E-state index is 0.0738. The van der Waals surface area contributed by atoms with E-state index in [-0.39, 0.29) is 6.17 Å². The molecule has 1 aliphatic heterocycles. The van der Waals surface area contributed by atoms with E-state index in [0.29, 0.717) is 0 Å². The van der Waals surface area contributed by atoms with Crippen LogP contribution >= 0.6 is 0 Å². The van der Waals surface area contributed by atoms with E-state index in [1.807, 2.05) is 24.3 Å². The SMILES string of the molecule is COc1ccc([C@@H]2NCc3ccccc3N2)cc1OC. The van der Waals surface area contributed by atoms with Crippen LogP contribution in [0.2, 0.25) is 0 Å². The Morgan fingerprint density at radius 2 is 1.80 bits per heavy atom. The fourth-order valence-corrected chi connectivity index (χ4v) is 2.47. The van der Waals surface area contributed by atoms with Gasteiger partial charge in [-0.2, -0.15) is 0 Å². The largest absolute Gasteiger partial charge is 0.493 e. The lowest BCUT2D eigenvalue weighted by Gasteiger charge is -2.29. The minimum Gasteiger partial charge on any atom is -0.493 e. The monoisotopic (exact) mass is 270 g/mol. The molecule has 4 heteroatoms. The number of anilines is 1. The van der Waals surface area contributed by atoms with E-state index in [2.05, 4.69) is 28.8 Å². The first-order chi connectivity index (χ1) is 9.81. The molecular weight excluding hydrogens is 252 g/mol. The van der Waals surface area contributed by atoms with Gasteiger partial charge in [-0.25, -0.2) is 0 Å². The molecule has 0 saturated heterocycles. The molecule has 0 saturated carbocycles. The molecule has 0 unspecified atom stereocenters. The van der Waals surface area contributed by atoms with Crippen molar-refractivity contribution in [1.29, 1.82) is 0 Å². The zero-order chi connectivity index (χ0) is 13.9. The Bertz CT molecular complexity index is 613. The number of benzene rings is 2. The molecule has 1 aliphatic rings. The number of methoxy groups -OCH3 is 2. The first-order valence-electron chi connectivity index (χ1n) is 6.61. The molecule has 0 aromatic heterocycles. The lowest BCUT2D eigenvalue weighted by molar-refractivity contribution is 0.354. The van der Waals surface area contributed by atoms with E-state index in [1.165, 1.54) is 11.3 Å². The summed E-state index contributed by atoms with van der Waals surface area (Å²) in [6, 6.07) is 14.3. The maximum absolute atomic E-state index is 5.36. The number of rotatable bonds is 3. The molecule has 20 heavy (non-hydrogen) atoms. The van der Waals surface area contributed by atoms with Crippen molar-refractivity contribution < 1.29 is 9.47 Å². The molecule has 0 fully saturated rings. The zero-order valence-corrected chi connectivity index (χ0v) is 11.6. The molecular formula is C16H18N2O2. The van der Waals surface area contributed by atoms with Crippen LogP contribution in [0.5, 0.6) is 11.5 Å². The molecule has 2 aromatic carbocycles. The Morgan fingerprint density at radius 3 is 2.60 bits per heavy atom. The van der Waals surface area contributed by atoms with Gasteiger partial charge in [-0.3, -0.25) is 5.32 Å². The van der Waals surface area contributed by atoms with Gasteiger partial charge in [-0.15, -0.1) is 0 Å². The third-order valence-electron chi connectivity index (χ3n) is 3.55. The van der Waals surface area contributed by atoms with E-state index in [4.69, 9.17) is 9.47 Å². The van der Waals surface area contributed by atoms with Gasteiger partial charge in [0.2, 0.25) is 0 Å². The van der Waals surface area contributed by atoms with Crippen molar-refractivity contribution >= 4 is 5.69 Å². The normalized spacial score (nSPS) is 17.0. The summed E-state index contributed by atoms with van der Waals surface area (Å²) < 4.78 is 10.6. The van der Waals surface area contributed by atoms with Gasteiger partial charge < -0.3 is 14.8 Å². The summed E-state index contributed by atoms with van der Waals surface area (Å²) in [4.78, 5) is 0. The second kappa shape index (κ2) is 5.43. The van der Waals surface area contributed by atoms with Crippen molar-refractivity contribution in [1.82, 2.24) is 5.32 Å². The van der Waals surface area contributed by atoms with Crippen molar-refractivity contribution in [2.24, 2.45) is 0 Å². The van der Waals surface area contributed by atoms with Gasteiger partial charge in [0.05, 0.1) is 14.2 Å². The van der Waals surface area contributed by atoms with Gasteiger partial charge in [0, 0.05) is 12.2 Å². The maximum Gasteiger partial charge on any atom is 0.161 e. The Balaban J connectivity index is 1.88. The van der Waals surface area contributed by atoms with Crippen LogP contribution in [0.4, 0.5) is 5.69 Å². The smallest absolute Gasteiger partial charge is 0.161 e. The van der Waals surface area contributed by atoms with Gasteiger partial charge >= 0.3 is 0 Å². The Kier molecular flexibility index (Phi) is 3.48. The van der Waals surface area contributed by atoms with E-state index in [1.54, 1.807) is 14.2 Å². The number of hydrogen-bond donors (Lipinski definition) is 2. The maximum atomic E-state index is 5.36. The molecule has 0 bridgehead atoms. The summed E-state index contributed by atoms with van der Waals surface area (Å²) in [7, 11) is 3.30. The molecule has 2 N–H and O–H groups in total. The molecule has 1 atom stereocenters. The van der Waals surface area contributed by atoms with Gasteiger partial charge in [0.15, 0.2) is 11.5 Å². The van der Waals surface area contributed by atoms with Crippen molar-refractivity contribution in [3.63, 3.8) is 0 Å². The van der Waals surface area contributed by atoms with Gasteiger partial charge in [-0.1, -0.05) is 24.3 Å². The van der Waals surface area contributed by atoms with Crippen molar-refractivity contribution in [2.75, 3.05) is 19.5 Å². The highest BCUT2D eigenvalue weighted by Gasteiger charge is 2.19. The fraction of sp³-hybridized carbons (Fsp3) is 0.250. The summed E-state index contributed by atoms with van der Waals surface area (Å²) in [6.45, 7) is 0.849. The van der Waals surface area contributed by atoms with E-state index in [9.17, 15) is 0 Å². The fourth-order valence-electron chi connectivity index (χ4n) is 2.47. The Morgan fingerprint density at radius 1 is 1.00 bits per heavy atom. The molecule has 3 rings (SSSR count). The average molecular weight is 270 g/mol. The Hall–Kier alpha value is -2.20. The predicted molar refractivity (Wildman–Crippen MR) is 79.2 cm³/mol. The summed E-state index contributed by atoms with van der Waals surface area (Å²) in [5.41, 5.74) is 3.58. The predicted octanol–water partition coefficient (Wildman–Crippen LogP) is 2.92. The third kappa shape index (κ3) is 2.30. The van der Waals surface area contributed by atoms with E-state index < -0.39 is 0 Å². The van der Waals surface area contributed by atoms with Crippen LogP contribution in [0, 0.1) is 0 Å². The number of fused-ring (bicyclic) bond motifs is 1. The summed E-state index contributed by atoms with van der Waals surface area (Å²) in [6.07, 6.45) is 0.0738. The average Bonchev–Trinajstić information content (AvgIpc) is 2.53. The van der Waals surface area contributed by atoms with Gasteiger partial charge in [0.1, 0.15) is 6.17 Å².